The van der Waals surface area contributed by atoms with Crippen LogP contribution in [0.4, 0.5) is 5.69 Å². The number of methoxy groups -OCH3 is 1. The van der Waals surface area contributed by atoms with Gasteiger partial charge in [0.05, 0.1) is 29.9 Å². The van der Waals surface area contributed by atoms with Gasteiger partial charge in [0.25, 0.3) is 11.9 Å². The predicted octanol–water partition coefficient (Wildman–Crippen LogP) is 4.62. The van der Waals surface area contributed by atoms with Crippen molar-refractivity contribution in [2.24, 2.45) is 7.05 Å². The topological polar surface area (TPSA) is 115 Å². The highest BCUT2D eigenvalue weighted by molar-refractivity contribution is 6.38. The first kappa shape index (κ1) is 30.4. The van der Waals surface area contributed by atoms with Crippen LogP contribution in [0.25, 0.3) is 17.1 Å². The molecule has 0 aliphatic carbocycles. The SMILES string of the molecule is CNC(=O)c1ccc(C=CC(=O)NCC(=O)N(C)c2ccc(Cl)c(COc3cccc4c3nc(OC)n4C)c2Cl)cc1. The molecule has 0 atom stereocenters. The van der Waals surface area contributed by atoms with E-state index in [1.54, 1.807) is 69.7 Å². The maximum atomic E-state index is 12.9. The Bertz CT molecular complexity index is 1670. The van der Waals surface area contributed by atoms with Crippen LogP contribution in [0.3, 0.4) is 0 Å². The van der Waals surface area contributed by atoms with Gasteiger partial charge in [-0.15, -0.1) is 0 Å². The van der Waals surface area contributed by atoms with Gasteiger partial charge in [0.15, 0.2) is 0 Å². The largest absolute Gasteiger partial charge is 0.486 e. The van der Waals surface area contributed by atoms with Gasteiger partial charge in [-0.25, -0.2) is 0 Å². The van der Waals surface area contributed by atoms with Crippen molar-refractivity contribution in [3.8, 4) is 11.8 Å². The second-order valence-electron chi connectivity index (χ2n) is 9.13. The summed E-state index contributed by atoms with van der Waals surface area (Å²) in [6.07, 6.45) is 2.89. The normalized spacial score (nSPS) is 11.0. The van der Waals surface area contributed by atoms with E-state index >= 15 is 0 Å². The van der Waals surface area contributed by atoms with Crippen molar-refractivity contribution in [2.75, 3.05) is 32.6 Å². The van der Waals surface area contributed by atoms with Crippen LogP contribution in [0.15, 0.2) is 60.7 Å². The molecule has 4 rings (SSSR count). The molecule has 0 unspecified atom stereocenters. The van der Waals surface area contributed by atoms with Gasteiger partial charge in [-0.2, -0.15) is 4.98 Å². The third-order valence-electron chi connectivity index (χ3n) is 6.53. The molecule has 0 saturated heterocycles. The molecular weight excluding hydrogens is 581 g/mol. The summed E-state index contributed by atoms with van der Waals surface area (Å²) in [6.45, 7) is -0.235. The van der Waals surface area contributed by atoms with Crippen molar-refractivity contribution in [3.63, 3.8) is 0 Å². The van der Waals surface area contributed by atoms with E-state index in [9.17, 15) is 14.4 Å². The lowest BCUT2D eigenvalue weighted by atomic mass is 10.1. The molecule has 1 aromatic heterocycles. The van der Waals surface area contributed by atoms with Gasteiger partial charge in [-0.05, 0) is 48.0 Å². The molecule has 3 aromatic carbocycles. The summed E-state index contributed by atoms with van der Waals surface area (Å²) in [5.41, 5.74) is 3.58. The molecule has 1 heterocycles. The maximum absolute atomic E-state index is 12.9. The molecule has 0 radical (unpaired) electrons. The molecule has 3 amide bonds. The van der Waals surface area contributed by atoms with Gasteiger partial charge >= 0.3 is 0 Å². The lowest BCUT2D eigenvalue weighted by molar-refractivity contribution is -0.122. The van der Waals surface area contributed by atoms with Crippen molar-refractivity contribution < 1.29 is 23.9 Å². The highest BCUT2D eigenvalue weighted by atomic mass is 35.5. The van der Waals surface area contributed by atoms with Crippen LogP contribution in [0.2, 0.25) is 10.0 Å². The summed E-state index contributed by atoms with van der Waals surface area (Å²) in [5.74, 6) is -0.530. The predicted molar refractivity (Wildman–Crippen MR) is 163 cm³/mol. The van der Waals surface area contributed by atoms with Gasteiger partial charge < -0.3 is 25.0 Å². The Hall–Kier alpha value is -4.54. The molecular formula is C30H29Cl2N5O5. The molecule has 0 bridgehead atoms. The van der Waals surface area contributed by atoms with Crippen molar-refractivity contribution in [1.29, 1.82) is 0 Å². The van der Waals surface area contributed by atoms with Gasteiger partial charge in [0, 0.05) is 43.4 Å². The minimum absolute atomic E-state index is 0.0250. The number of carbonyl (C=O) groups excluding carboxylic acids is 3. The summed E-state index contributed by atoms with van der Waals surface area (Å²) in [6, 6.07) is 16.0. The highest BCUT2D eigenvalue weighted by Gasteiger charge is 2.20. The van der Waals surface area contributed by atoms with Crippen LogP contribution in [0, 0.1) is 0 Å². The first-order valence-corrected chi connectivity index (χ1v) is 13.5. The number of aromatic nitrogens is 2. The standard InChI is InChI=1S/C30H29Cl2N5O5/c1-33-29(40)19-11-8-18(9-12-19)10-15-25(38)34-16-26(39)36(2)22-14-13-21(31)20(27(22)32)17-42-24-7-5-6-23-28(24)35-30(41-4)37(23)3/h5-15H,16-17H2,1-4H3,(H,33,40)(H,34,38). The number of benzene rings is 3. The zero-order valence-corrected chi connectivity index (χ0v) is 24.9. The Kier molecular flexibility index (Phi) is 9.72. The highest BCUT2D eigenvalue weighted by Crippen LogP contribution is 2.35. The molecule has 2 N–H and O–H groups in total. The Morgan fingerprint density at radius 2 is 1.81 bits per heavy atom. The minimum Gasteiger partial charge on any atom is -0.486 e. The number of fused-ring (bicyclic) bond motifs is 1. The van der Waals surface area contributed by atoms with E-state index in [2.05, 4.69) is 15.6 Å². The number of halogens is 2. The number of hydrogen-bond acceptors (Lipinski definition) is 6. The first-order valence-electron chi connectivity index (χ1n) is 12.8. The molecule has 0 spiro atoms. The summed E-state index contributed by atoms with van der Waals surface area (Å²) in [4.78, 5) is 42.7. The van der Waals surface area contributed by atoms with Crippen molar-refractivity contribution >= 4 is 63.7 Å². The second-order valence-corrected chi connectivity index (χ2v) is 9.92. The second kappa shape index (κ2) is 13.4. The molecule has 0 aliphatic heterocycles. The Balaban J connectivity index is 1.39. The van der Waals surface area contributed by atoms with E-state index in [1.807, 2.05) is 23.7 Å². The first-order chi connectivity index (χ1) is 20.1. The molecule has 12 heteroatoms. The third kappa shape index (κ3) is 6.67. The van der Waals surface area contributed by atoms with Crippen LogP contribution in [-0.4, -0.2) is 55.0 Å². The molecule has 0 aliphatic rings. The number of nitrogens with zero attached hydrogens (tertiary/aromatic N) is 3. The average molecular weight is 610 g/mol. The summed E-state index contributed by atoms with van der Waals surface area (Å²) in [7, 11) is 6.49. The number of para-hydroxylation sites is 1. The summed E-state index contributed by atoms with van der Waals surface area (Å²) in [5, 5.41) is 5.73. The fourth-order valence-corrected chi connectivity index (χ4v) is 4.74. The van der Waals surface area contributed by atoms with Crippen molar-refractivity contribution in [3.05, 3.63) is 87.4 Å². The number of hydrogen-bond donors (Lipinski definition) is 2. The number of likely N-dealkylation sites (N-methyl/N-ethyl adjacent to an activating group) is 1. The van der Waals surface area contributed by atoms with E-state index in [-0.39, 0.29) is 24.1 Å². The minimum atomic E-state index is -0.455. The number of imidazole rings is 1. The van der Waals surface area contributed by atoms with E-state index in [4.69, 9.17) is 32.7 Å². The zero-order chi connectivity index (χ0) is 30.4. The molecule has 42 heavy (non-hydrogen) atoms. The zero-order valence-electron chi connectivity index (χ0n) is 23.4. The van der Waals surface area contributed by atoms with E-state index in [1.165, 1.54) is 11.0 Å². The number of carbonyl (C=O) groups is 3. The maximum Gasteiger partial charge on any atom is 0.296 e. The number of amides is 3. The van der Waals surface area contributed by atoms with Crippen molar-refractivity contribution in [1.82, 2.24) is 20.2 Å². The van der Waals surface area contributed by atoms with E-state index < -0.39 is 11.8 Å². The van der Waals surface area contributed by atoms with Crippen LogP contribution < -0.4 is 25.0 Å². The number of nitrogens with one attached hydrogen (secondary N) is 2. The van der Waals surface area contributed by atoms with Crippen LogP contribution >= 0.6 is 23.2 Å². The molecule has 10 nitrogen and oxygen atoms in total. The van der Waals surface area contributed by atoms with Crippen molar-refractivity contribution in [2.45, 2.75) is 6.61 Å². The molecule has 0 fully saturated rings. The number of ether oxygens (including phenoxy) is 2. The Labute approximate surface area is 252 Å². The monoisotopic (exact) mass is 609 g/mol. The number of anilines is 1. The molecule has 4 aromatic rings. The summed E-state index contributed by atoms with van der Waals surface area (Å²) >= 11 is 13.1. The Morgan fingerprint density at radius 3 is 2.50 bits per heavy atom. The smallest absolute Gasteiger partial charge is 0.296 e. The van der Waals surface area contributed by atoms with Gasteiger partial charge in [-0.1, -0.05) is 41.4 Å². The molecule has 218 valence electrons. The molecule has 0 saturated carbocycles. The fourth-order valence-electron chi connectivity index (χ4n) is 4.13. The number of aryl methyl sites for hydroxylation is 1. The summed E-state index contributed by atoms with van der Waals surface area (Å²) < 4.78 is 13.2. The lowest BCUT2D eigenvalue weighted by Gasteiger charge is -2.21. The average Bonchev–Trinajstić information content (AvgIpc) is 3.34. The van der Waals surface area contributed by atoms with Gasteiger partial charge in [-0.3, -0.25) is 19.0 Å². The van der Waals surface area contributed by atoms with Crippen LogP contribution in [0.5, 0.6) is 11.8 Å². The number of rotatable bonds is 10. The van der Waals surface area contributed by atoms with Crippen LogP contribution in [-0.2, 0) is 23.2 Å². The van der Waals surface area contributed by atoms with Gasteiger partial charge in [0.1, 0.15) is 17.9 Å². The van der Waals surface area contributed by atoms with E-state index in [0.717, 1.165) is 11.1 Å². The quantitative estimate of drug-likeness (QED) is 0.254. The van der Waals surface area contributed by atoms with E-state index in [0.29, 0.717) is 39.1 Å². The lowest BCUT2D eigenvalue weighted by Crippen LogP contribution is -2.37. The van der Waals surface area contributed by atoms with Gasteiger partial charge in [0.2, 0.25) is 11.8 Å². The van der Waals surface area contributed by atoms with Crippen LogP contribution in [0.1, 0.15) is 21.5 Å². The fraction of sp³-hybridized carbons (Fsp3) is 0.200. The third-order valence-corrected chi connectivity index (χ3v) is 7.31. The Morgan fingerprint density at radius 1 is 1.07 bits per heavy atom.